The SMILES string of the molecule is CCCC(=O)OCC(=O)[C@@]12OC(C3CCCCC3)O[C@@H]1C[C@H]1[C@@H]3CCC4=C/C(=N\OCc5ccc(Br)cc5)C=C[C@]4(C)[C@H]3[C@@H](O)C[C@@]12C. The summed E-state index contributed by atoms with van der Waals surface area (Å²) in [7, 11) is 0. The molecule has 0 spiro atoms. The summed E-state index contributed by atoms with van der Waals surface area (Å²) in [6.07, 6.45) is 14.3. The summed E-state index contributed by atoms with van der Waals surface area (Å²) in [6, 6.07) is 8.00. The largest absolute Gasteiger partial charge is 0.458 e. The molecule has 0 amide bonds. The Morgan fingerprint density at radius 1 is 1.10 bits per heavy atom. The first-order valence-electron chi connectivity index (χ1n) is 18.1. The molecule has 8 nitrogen and oxygen atoms in total. The van der Waals surface area contributed by atoms with Crippen molar-refractivity contribution in [3.8, 4) is 0 Å². The van der Waals surface area contributed by atoms with Crippen LogP contribution in [-0.2, 0) is 35.2 Å². The molecule has 1 aromatic rings. The number of nitrogens with zero attached hydrogens (tertiary/aromatic N) is 1. The zero-order valence-electron chi connectivity index (χ0n) is 28.5. The third-order valence-electron chi connectivity index (χ3n) is 12.9. The van der Waals surface area contributed by atoms with Crippen molar-refractivity contribution in [1.82, 2.24) is 0 Å². The molecule has 6 aliphatic rings. The van der Waals surface area contributed by atoms with Crippen molar-refractivity contribution in [2.45, 2.75) is 122 Å². The van der Waals surface area contributed by atoms with Crippen LogP contribution in [0, 0.1) is 34.5 Å². The molecule has 1 unspecified atom stereocenters. The number of aliphatic hydroxyl groups is 1. The molecule has 5 fully saturated rings. The van der Waals surface area contributed by atoms with Gasteiger partial charge >= 0.3 is 5.97 Å². The van der Waals surface area contributed by atoms with Crippen molar-refractivity contribution >= 4 is 33.4 Å². The van der Waals surface area contributed by atoms with E-state index in [-0.39, 0.29) is 53.9 Å². The highest BCUT2D eigenvalue weighted by molar-refractivity contribution is 9.10. The molecule has 260 valence electrons. The molecule has 0 aromatic heterocycles. The number of aliphatic hydroxyl groups excluding tert-OH is 1. The highest BCUT2D eigenvalue weighted by Crippen LogP contribution is 2.70. The number of hydrogen-bond acceptors (Lipinski definition) is 8. The average molecular weight is 725 g/mol. The third-order valence-corrected chi connectivity index (χ3v) is 13.4. The number of rotatable bonds is 9. The Morgan fingerprint density at radius 3 is 2.62 bits per heavy atom. The number of fused-ring (bicyclic) bond motifs is 7. The van der Waals surface area contributed by atoms with Crippen LogP contribution < -0.4 is 0 Å². The van der Waals surface area contributed by atoms with Crippen molar-refractivity contribution in [2.75, 3.05) is 6.61 Å². The van der Waals surface area contributed by atoms with Crippen LogP contribution in [0.5, 0.6) is 0 Å². The highest BCUT2D eigenvalue weighted by Gasteiger charge is 2.76. The fourth-order valence-electron chi connectivity index (χ4n) is 10.6. The van der Waals surface area contributed by atoms with E-state index in [9.17, 15) is 14.7 Å². The standard InChI is InChI=1S/C39H50BrNO7/c1-4-8-34(44)45-23-32(43)39-33(47-36(48-39)25-9-6-5-7-10-25)20-30-29-16-13-26-19-28(41-46-22-24-11-14-27(40)15-12-24)17-18-37(26,2)35(29)31(42)21-38(30,39)3/h11-12,14-15,17-19,25,29-31,33,35-36,42H,4-10,13,16,20-23H2,1-3H3/b41-28-/t29-,30-,31-,33+,35+,36?,37-,38-,39+/m0/s1. The minimum Gasteiger partial charge on any atom is -0.458 e. The molecule has 5 aliphatic carbocycles. The van der Waals surface area contributed by atoms with Crippen LogP contribution in [-0.4, -0.2) is 53.3 Å². The zero-order chi connectivity index (χ0) is 33.7. The molecular weight excluding hydrogens is 674 g/mol. The molecule has 0 bridgehead atoms. The second kappa shape index (κ2) is 13.4. The van der Waals surface area contributed by atoms with E-state index in [4.69, 9.17) is 19.0 Å². The van der Waals surface area contributed by atoms with Gasteiger partial charge in [0.05, 0.1) is 12.2 Å². The van der Waals surface area contributed by atoms with Crippen LogP contribution in [0.2, 0.25) is 0 Å². The summed E-state index contributed by atoms with van der Waals surface area (Å²) >= 11 is 3.47. The maximum Gasteiger partial charge on any atom is 0.306 e. The van der Waals surface area contributed by atoms with E-state index in [1.165, 1.54) is 12.0 Å². The average Bonchev–Trinajstić information content (AvgIpc) is 3.58. The lowest BCUT2D eigenvalue weighted by atomic mass is 9.46. The van der Waals surface area contributed by atoms with Gasteiger partial charge in [-0.2, -0.15) is 0 Å². The van der Waals surface area contributed by atoms with Gasteiger partial charge in [0, 0.05) is 33.6 Å². The quantitative estimate of drug-likeness (QED) is 0.207. The Hall–Kier alpha value is -2.33. The van der Waals surface area contributed by atoms with Gasteiger partial charge in [0.15, 0.2) is 18.5 Å². The fourth-order valence-corrected chi connectivity index (χ4v) is 10.8. The summed E-state index contributed by atoms with van der Waals surface area (Å²) in [4.78, 5) is 32.5. The van der Waals surface area contributed by atoms with Gasteiger partial charge < -0.3 is 24.2 Å². The topological polar surface area (TPSA) is 104 Å². The van der Waals surface area contributed by atoms with Crippen LogP contribution in [0.1, 0.15) is 97.0 Å². The number of hydrogen-bond donors (Lipinski definition) is 1. The molecule has 1 heterocycles. The van der Waals surface area contributed by atoms with Gasteiger partial charge in [-0.1, -0.05) is 84.9 Å². The normalized spacial score (nSPS) is 39.6. The van der Waals surface area contributed by atoms with Crippen LogP contribution in [0.4, 0.5) is 0 Å². The molecule has 48 heavy (non-hydrogen) atoms. The first-order chi connectivity index (χ1) is 23.1. The third kappa shape index (κ3) is 5.74. The Labute approximate surface area is 292 Å². The number of ketones is 1. The predicted octanol–water partition coefficient (Wildman–Crippen LogP) is 7.61. The molecule has 1 aromatic carbocycles. The lowest BCUT2D eigenvalue weighted by Gasteiger charge is -2.59. The van der Waals surface area contributed by atoms with Crippen LogP contribution in [0.15, 0.2) is 57.7 Å². The first kappa shape index (κ1) is 34.1. The van der Waals surface area contributed by atoms with Gasteiger partial charge in [-0.3, -0.25) is 9.59 Å². The van der Waals surface area contributed by atoms with Gasteiger partial charge in [-0.05, 0) is 86.6 Å². The van der Waals surface area contributed by atoms with Crippen molar-refractivity contribution in [3.05, 3.63) is 58.1 Å². The minimum absolute atomic E-state index is 0.0143. The van der Waals surface area contributed by atoms with Crippen molar-refractivity contribution < 1.29 is 33.7 Å². The van der Waals surface area contributed by atoms with Crippen molar-refractivity contribution in [3.63, 3.8) is 0 Å². The van der Waals surface area contributed by atoms with Crippen molar-refractivity contribution in [1.29, 1.82) is 0 Å². The first-order valence-corrected chi connectivity index (χ1v) is 18.9. The Morgan fingerprint density at radius 2 is 1.88 bits per heavy atom. The Balaban J connectivity index is 1.13. The van der Waals surface area contributed by atoms with Gasteiger partial charge in [0.2, 0.25) is 5.78 Å². The van der Waals surface area contributed by atoms with E-state index in [2.05, 4.69) is 47.1 Å². The summed E-state index contributed by atoms with van der Waals surface area (Å²) in [5, 5.41) is 16.6. The second-order valence-electron chi connectivity index (χ2n) is 15.5. The van der Waals surface area contributed by atoms with Gasteiger partial charge in [0.1, 0.15) is 12.3 Å². The summed E-state index contributed by atoms with van der Waals surface area (Å²) in [5.74, 6) is -0.0429. The number of allylic oxidation sites excluding steroid dienone is 4. The Bertz CT molecular complexity index is 1480. The maximum absolute atomic E-state index is 14.4. The van der Waals surface area contributed by atoms with Gasteiger partial charge in [-0.15, -0.1) is 0 Å². The lowest BCUT2D eigenvalue weighted by Crippen LogP contribution is -2.63. The number of oxime groups is 1. The molecular formula is C39H50BrNO7. The number of Topliss-reactive ketones (excluding diaryl/α,β-unsaturated/α-hetero) is 1. The number of esters is 1. The molecule has 0 radical (unpaired) electrons. The molecule has 4 saturated carbocycles. The van der Waals surface area contributed by atoms with Crippen LogP contribution in [0.3, 0.4) is 0 Å². The van der Waals surface area contributed by atoms with Gasteiger partial charge in [-0.25, -0.2) is 0 Å². The van der Waals surface area contributed by atoms with E-state index in [1.54, 1.807) is 0 Å². The monoisotopic (exact) mass is 723 g/mol. The number of carbonyl (C=O) groups is 2. The fraction of sp³-hybridized carbons (Fsp3) is 0.667. The number of benzene rings is 1. The minimum atomic E-state index is -1.25. The van der Waals surface area contributed by atoms with E-state index >= 15 is 0 Å². The second-order valence-corrected chi connectivity index (χ2v) is 16.5. The molecule has 1 aliphatic heterocycles. The molecule has 7 rings (SSSR count). The predicted molar refractivity (Wildman–Crippen MR) is 185 cm³/mol. The van der Waals surface area contributed by atoms with E-state index in [0.29, 0.717) is 25.9 Å². The van der Waals surface area contributed by atoms with E-state index in [0.717, 1.165) is 54.3 Å². The van der Waals surface area contributed by atoms with Crippen LogP contribution in [0.25, 0.3) is 0 Å². The van der Waals surface area contributed by atoms with E-state index < -0.39 is 29.5 Å². The summed E-state index contributed by atoms with van der Waals surface area (Å²) in [6.45, 7) is 6.38. The zero-order valence-corrected chi connectivity index (χ0v) is 30.1. The van der Waals surface area contributed by atoms with Crippen LogP contribution >= 0.6 is 15.9 Å². The lowest BCUT2D eigenvalue weighted by molar-refractivity contribution is -0.210. The number of halogens is 1. The molecule has 9 atom stereocenters. The smallest absolute Gasteiger partial charge is 0.306 e. The molecule has 9 heteroatoms. The maximum atomic E-state index is 14.4. The van der Waals surface area contributed by atoms with Gasteiger partial charge in [0.25, 0.3) is 0 Å². The summed E-state index contributed by atoms with van der Waals surface area (Å²) < 4.78 is 20.3. The highest BCUT2D eigenvalue weighted by atomic mass is 79.9. The summed E-state index contributed by atoms with van der Waals surface area (Å²) in [5.41, 5.74) is 0.843. The number of carbonyl (C=O) groups excluding carboxylic acids is 2. The Kier molecular flexibility index (Phi) is 9.54. The molecule has 1 N–H and O–H groups in total. The van der Waals surface area contributed by atoms with Crippen molar-refractivity contribution in [2.24, 2.45) is 39.7 Å². The number of ether oxygens (including phenoxy) is 3. The molecule has 1 saturated heterocycles. The van der Waals surface area contributed by atoms with E-state index in [1.807, 2.05) is 37.3 Å².